The number of aryl methyl sites for hydroxylation is 1. The van der Waals surface area contributed by atoms with Gasteiger partial charge in [-0.1, -0.05) is 18.2 Å². The van der Waals surface area contributed by atoms with Crippen LogP contribution < -0.4 is 5.32 Å². The predicted octanol–water partition coefficient (Wildman–Crippen LogP) is 2.10. The summed E-state index contributed by atoms with van der Waals surface area (Å²) in [5.41, 5.74) is 1.75. The van der Waals surface area contributed by atoms with Crippen molar-refractivity contribution in [1.82, 2.24) is 14.9 Å². The van der Waals surface area contributed by atoms with Gasteiger partial charge in [0.05, 0.1) is 12.2 Å². The molecule has 0 atom stereocenters. The number of imidazole rings is 1. The average Bonchev–Trinajstić information content (AvgIpc) is 2.65. The second-order valence-electron chi connectivity index (χ2n) is 4.00. The molecular weight excluding hydrogens is 217 g/mol. The first-order valence-corrected chi connectivity index (χ1v) is 5.61. The summed E-state index contributed by atoms with van der Waals surface area (Å²) < 4.78 is 15.6. The average molecular weight is 233 g/mol. The maximum absolute atomic E-state index is 13.6. The van der Waals surface area contributed by atoms with Gasteiger partial charge in [-0.25, -0.2) is 9.37 Å². The zero-order valence-electron chi connectivity index (χ0n) is 10.1. The fourth-order valence-electron chi connectivity index (χ4n) is 1.85. The molecule has 17 heavy (non-hydrogen) atoms. The number of nitrogens with one attached hydrogen (secondary N) is 1. The van der Waals surface area contributed by atoms with Gasteiger partial charge in [0.2, 0.25) is 0 Å². The van der Waals surface area contributed by atoms with Crippen LogP contribution in [0.4, 0.5) is 4.39 Å². The highest BCUT2D eigenvalue weighted by atomic mass is 19.1. The lowest BCUT2D eigenvalue weighted by Crippen LogP contribution is -2.13. The van der Waals surface area contributed by atoms with E-state index in [2.05, 4.69) is 10.3 Å². The molecule has 0 amide bonds. The lowest BCUT2D eigenvalue weighted by molar-refractivity contribution is 0.588. The Balaban J connectivity index is 2.29. The van der Waals surface area contributed by atoms with Crippen molar-refractivity contribution in [2.45, 2.75) is 20.0 Å². The fourth-order valence-corrected chi connectivity index (χ4v) is 1.85. The molecule has 0 aliphatic carbocycles. The Morgan fingerprint density at radius 2 is 2.12 bits per heavy atom. The molecule has 1 N–H and O–H groups in total. The molecule has 3 nitrogen and oxygen atoms in total. The molecule has 0 spiro atoms. The first-order chi connectivity index (χ1) is 8.22. The van der Waals surface area contributed by atoms with Crippen molar-refractivity contribution in [2.24, 2.45) is 0 Å². The van der Waals surface area contributed by atoms with Gasteiger partial charge in [-0.2, -0.15) is 0 Å². The van der Waals surface area contributed by atoms with Crippen LogP contribution in [0.1, 0.15) is 17.1 Å². The van der Waals surface area contributed by atoms with Gasteiger partial charge in [0.15, 0.2) is 0 Å². The van der Waals surface area contributed by atoms with Gasteiger partial charge in [0, 0.05) is 18.3 Å². The van der Waals surface area contributed by atoms with Gasteiger partial charge < -0.3 is 9.88 Å². The van der Waals surface area contributed by atoms with Crippen LogP contribution >= 0.6 is 0 Å². The summed E-state index contributed by atoms with van der Waals surface area (Å²) in [5, 5.41) is 3.08. The highest BCUT2D eigenvalue weighted by Crippen LogP contribution is 2.12. The Labute approximate surface area is 100 Å². The maximum atomic E-state index is 13.6. The summed E-state index contributed by atoms with van der Waals surface area (Å²) >= 11 is 0. The normalized spacial score (nSPS) is 10.8. The maximum Gasteiger partial charge on any atom is 0.128 e. The van der Waals surface area contributed by atoms with Gasteiger partial charge in [-0.05, 0) is 20.0 Å². The predicted molar refractivity (Wildman–Crippen MR) is 65.2 cm³/mol. The largest absolute Gasteiger partial charge is 0.326 e. The molecule has 0 unspecified atom stereocenters. The van der Waals surface area contributed by atoms with Gasteiger partial charge in [-0.3, -0.25) is 0 Å². The molecule has 0 saturated carbocycles. The summed E-state index contributed by atoms with van der Waals surface area (Å²) in [7, 11) is 1.88. The minimum absolute atomic E-state index is 0.170. The topological polar surface area (TPSA) is 29.9 Å². The van der Waals surface area contributed by atoms with Crippen molar-refractivity contribution in [2.75, 3.05) is 7.05 Å². The van der Waals surface area contributed by atoms with Crippen LogP contribution in [0.3, 0.4) is 0 Å². The van der Waals surface area contributed by atoms with E-state index in [1.165, 1.54) is 6.07 Å². The van der Waals surface area contributed by atoms with Crippen molar-refractivity contribution in [3.05, 3.63) is 53.4 Å². The lowest BCUT2D eigenvalue weighted by Gasteiger charge is -2.10. The number of hydrogen-bond acceptors (Lipinski definition) is 2. The number of halogens is 1. The van der Waals surface area contributed by atoms with Crippen molar-refractivity contribution in [1.29, 1.82) is 0 Å². The van der Waals surface area contributed by atoms with E-state index in [4.69, 9.17) is 0 Å². The second kappa shape index (κ2) is 5.10. The van der Waals surface area contributed by atoms with Crippen LogP contribution in [0, 0.1) is 12.7 Å². The van der Waals surface area contributed by atoms with Crippen LogP contribution in [-0.4, -0.2) is 16.6 Å². The smallest absolute Gasteiger partial charge is 0.128 e. The third-order valence-electron chi connectivity index (χ3n) is 2.78. The molecule has 1 heterocycles. The van der Waals surface area contributed by atoms with E-state index in [9.17, 15) is 4.39 Å². The molecule has 4 heteroatoms. The van der Waals surface area contributed by atoms with Crippen molar-refractivity contribution < 1.29 is 4.39 Å². The third-order valence-corrected chi connectivity index (χ3v) is 2.78. The second-order valence-corrected chi connectivity index (χ2v) is 4.00. The first-order valence-electron chi connectivity index (χ1n) is 5.61. The van der Waals surface area contributed by atoms with Crippen molar-refractivity contribution >= 4 is 0 Å². The quantitative estimate of drug-likeness (QED) is 0.876. The lowest BCUT2D eigenvalue weighted by atomic mass is 10.2. The standard InChI is InChI=1S/C13H16FN3/c1-10-16-8-12(7-15-2)17(10)9-11-5-3-4-6-13(11)14/h3-6,8,15H,7,9H2,1-2H3. The Bertz CT molecular complexity index is 505. The van der Waals surface area contributed by atoms with Gasteiger partial charge in [-0.15, -0.1) is 0 Å². The molecule has 0 fully saturated rings. The zero-order valence-corrected chi connectivity index (χ0v) is 10.1. The Morgan fingerprint density at radius 3 is 2.82 bits per heavy atom. The van der Waals surface area contributed by atoms with E-state index in [0.29, 0.717) is 12.1 Å². The summed E-state index contributed by atoms with van der Waals surface area (Å²) in [4.78, 5) is 4.26. The number of benzene rings is 1. The third kappa shape index (κ3) is 2.53. The number of nitrogens with zero attached hydrogens (tertiary/aromatic N) is 2. The summed E-state index contributed by atoms with van der Waals surface area (Å²) in [5.74, 6) is 0.731. The summed E-state index contributed by atoms with van der Waals surface area (Å²) in [6, 6.07) is 6.84. The van der Waals surface area contributed by atoms with E-state index in [0.717, 1.165) is 18.1 Å². The van der Waals surface area contributed by atoms with Crippen molar-refractivity contribution in [3.8, 4) is 0 Å². The highest BCUT2D eigenvalue weighted by molar-refractivity contribution is 5.19. The Kier molecular flexibility index (Phi) is 3.54. The molecule has 2 rings (SSSR count). The Morgan fingerprint density at radius 1 is 1.35 bits per heavy atom. The molecular formula is C13H16FN3. The van der Waals surface area contributed by atoms with Crippen LogP contribution in [0.15, 0.2) is 30.5 Å². The molecule has 2 aromatic rings. The first kappa shape index (κ1) is 11.8. The zero-order chi connectivity index (χ0) is 12.3. The van der Waals surface area contributed by atoms with E-state index < -0.39 is 0 Å². The van der Waals surface area contributed by atoms with Crippen LogP contribution in [-0.2, 0) is 13.1 Å². The van der Waals surface area contributed by atoms with E-state index in [1.807, 2.05) is 30.8 Å². The number of hydrogen-bond donors (Lipinski definition) is 1. The van der Waals surface area contributed by atoms with Crippen LogP contribution in [0.5, 0.6) is 0 Å². The Hall–Kier alpha value is -1.68. The minimum atomic E-state index is -0.170. The fraction of sp³-hybridized carbons (Fsp3) is 0.308. The molecule has 90 valence electrons. The van der Waals surface area contributed by atoms with Gasteiger partial charge >= 0.3 is 0 Å². The molecule has 0 radical (unpaired) electrons. The molecule has 1 aromatic heterocycles. The number of aromatic nitrogens is 2. The number of rotatable bonds is 4. The SMILES string of the molecule is CNCc1cnc(C)n1Cc1ccccc1F. The monoisotopic (exact) mass is 233 g/mol. The minimum Gasteiger partial charge on any atom is -0.326 e. The molecule has 0 saturated heterocycles. The van der Waals surface area contributed by atoms with Crippen LogP contribution in [0.25, 0.3) is 0 Å². The van der Waals surface area contributed by atoms with Crippen LogP contribution in [0.2, 0.25) is 0 Å². The highest BCUT2D eigenvalue weighted by Gasteiger charge is 2.08. The van der Waals surface area contributed by atoms with Gasteiger partial charge in [0.25, 0.3) is 0 Å². The van der Waals surface area contributed by atoms with E-state index in [1.54, 1.807) is 12.1 Å². The molecule has 1 aromatic carbocycles. The molecule has 0 bridgehead atoms. The van der Waals surface area contributed by atoms with Crippen molar-refractivity contribution in [3.63, 3.8) is 0 Å². The molecule has 0 aliphatic heterocycles. The summed E-state index contributed by atoms with van der Waals surface area (Å²) in [6.45, 7) is 3.19. The van der Waals surface area contributed by atoms with E-state index in [-0.39, 0.29) is 5.82 Å². The summed E-state index contributed by atoms with van der Waals surface area (Å²) in [6.07, 6.45) is 1.83. The van der Waals surface area contributed by atoms with Gasteiger partial charge in [0.1, 0.15) is 11.6 Å². The molecule has 0 aliphatic rings. The van der Waals surface area contributed by atoms with E-state index >= 15 is 0 Å².